The van der Waals surface area contributed by atoms with Crippen LogP contribution in [0.15, 0.2) is 34.9 Å². The normalized spacial score (nSPS) is 11.3. The number of hydrogen-bond acceptors (Lipinski definition) is 7. The van der Waals surface area contributed by atoms with Crippen molar-refractivity contribution in [1.82, 2.24) is 15.4 Å². The Balaban J connectivity index is 1.80. The summed E-state index contributed by atoms with van der Waals surface area (Å²) in [5, 5.41) is 16.7. The van der Waals surface area contributed by atoms with E-state index < -0.39 is 0 Å². The molecule has 1 aromatic carbocycles. The van der Waals surface area contributed by atoms with E-state index in [9.17, 15) is 4.79 Å². The summed E-state index contributed by atoms with van der Waals surface area (Å²) in [5.41, 5.74) is 1.76. The van der Waals surface area contributed by atoms with Gasteiger partial charge in [-0.2, -0.15) is 0 Å². The molecule has 0 spiro atoms. The lowest BCUT2D eigenvalue weighted by atomic mass is 10.1. The molecule has 0 aliphatic heterocycles. The molecule has 3 rings (SSSR count). The molecule has 0 saturated carbocycles. The van der Waals surface area contributed by atoms with Crippen LogP contribution in [0.3, 0.4) is 0 Å². The minimum Gasteiger partial charge on any atom is -0.360 e. The Morgan fingerprint density at radius 2 is 1.76 bits per heavy atom. The Hall–Kier alpha value is -2.74. The van der Waals surface area contributed by atoms with Crippen LogP contribution in [0.1, 0.15) is 43.8 Å². The van der Waals surface area contributed by atoms with Gasteiger partial charge in [0.2, 0.25) is 10.3 Å². The Bertz CT molecular complexity index is 939. The summed E-state index contributed by atoms with van der Waals surface area (Å²) in [5.74, 6) is 1.17. The molecule has 8 heteroatoms. The molecule has 0 aliphatic carbocycles. The minimum atomic E-state index is -0.301. The van der Waals surface area contributed by atoms with Crippen molar-refractivity contribution in [2.75, 3.05) is 23.3 Å². The van der Waals surface area contributed by atoms with E-state index in [0.717, 1.165) is 23.8 Å². The highest BCUT2D eigenvalue weighted by molar-refractivity contribution is 7.19. The molecule has 2 aromatic heterocycles. The lowest BCUT2D eigenvalue weighted by Crippen LogP contribution is -2.31. The predicted molar refractivity (Wildman–Crippen MR) is 116 cm³/mol. The number of carbonyl (C=O) groups is 1. The summed E-state index contributed by atoms with van der Waals surface area (Å²) < 4.78 is 5.29. The van der Waals surface area contributed by atoms with Gasteiger partial charge in [-0.25, -0.2) is 0 Å². The van der Waals surface area contributed by atoms with Crippen LogP contribution in [0, 0.1) is 18.8 Å². The minimum absolute atomic E-state index is 0.301. The first-order valence-electron chi connectivity index (χ1n) is 9.76. The van der Waals surface area contributed by atoms with Crippen LogP contribution >= 0.6 is 11.3 Å². The zero-order chi connectivity index (χ0) is 21.0. The molecular weight excluding hydrogens is 386 g/mol. The first kappa shape index (κ1) is 21.0. The molecular formula is C21H27N5O2S. The molecule has 2 heterocycles. The molecule has 0 radical (unpaired) electrons. The van der Waals surface area contributed by atoms with Crippen molar-refractivity contribution in [3.8, 4) is 11.3 Å². The highest BCUT2D eigenvalue weighted by atomic mass is 32.1. The van der Waals surface area contributed by atoms with E-state index >= 15 is 0 Å². The third-order valence-corrected chi connectivity index (χ3v) is 5.11. The van der Waals surface area contributed by atoms with Gasteiger partial charge in [0, 0.05) is 18.7 Å². The second-order valence-corrected chi connectivity index (χ2v) is 8.82. The van der Waals surface area contributed by atoms with E-state index in [-0.39, 0.29) is 5.91 Å². The third kappa shape index (κ3) is 5.20. The van der Waals surface area contributed by atoms with Gasteiger partial charge < -0.3 is 9.42 Å². The van der Waals surface area contributed by atoms with Gasteiger partial charge in [0.1, 0.15) is 17.0 Å². The van der Waals surface area contributed by atoms with E-state index in [1.54, 1.807) is 6.92 Å². The van der Waals surface area contributed by atoms with Crippen LogP contribution in [0.4, 0.5) is 10.3 Å². The van der Waals surface area contributed by atoms with Gasteiger partial charge in [0.25, 0.3) is 5.91 Å². The lowest BCUT2D eigenvalue weighted by Gasteiger charge is -2.25. The van der Waals surface area contributed by atoms with Crippen molar-refractivity contribution in [1.29, 1.82) is 0 Å². The van der Waals surface area contributed by atoms with E-state index in [1.165, 1.54) is 11.3 Å². The molecule has 0 unspecified atom stereocenters. The Morgan fingerprint density at radius 1 is 1.10 bits per heavy atom. The predicted octanol–water partition coefficient (Wildman–Crippen LogP) is 4.87. The van der Waals surface area contributed by atoms with E-state index in [0.29, 0.717) is 34.0 Å². The largest absolute Gasteiger partial charge is 0.360 e. The molecule has 0 fully saturated rings. The summed E-state index contributed by atoms with van der Waals surface area (Å²) in [6.07, 6.45) is 0. The van der Waals surface area contributed by atoms with Crippen molar-refractivity contribution in [3.63, 3.8) is 0 Å². The van der Waals surface area contributed by atoms with Gasteiger partial charge in [-0.1, -0.05) is 74.5 Å². The number of aryl methyl sites for hydroxylation is 1. The van der Waals surface area contributed by atoms with Crippen molar-refractivity contribution in [2.45, 2.75) is 34.6 Å². The Kier molecular flexibility index (Phi) is 6.64. The van der Waals surface area contributed by atoms with Crippen molar-refractivity contribution in [2.24, 2.45) is 11.8 Å². The fourth-order valence-corrected chi connectivity index (χ4v) is 3.86. The van der Waals surface area contributed by atoms with Gasteiger partial charge >= 0.3 is 0 Å². The molecule has 3 aromatic rings. The summed E-state index contributed by atoms with van der Waals surface area (Å²) in [4.78, 5) is 15.2. The second-order valence-electron chi connectivity index (χ2n) is 7.86. The summed E-state index contributed by atoms with van der Waals surface area (Å²) in [7, 11) is 0. The van der Waals surface area contributed by atoms with Gasteiger partial charge in [0.15, 0.2) is 0 Å². The van der Waals surface area contributed by atoms with Crippen LogP contribution in [-0.4, -0.2) is 34.4 Å². The summed E-state index contributed by atoms with van der Waals surface area (Å²) in [6, 6.07) is 9.50. The Morgan fingerprint density at radius 3 is 2.38 bits per heavy atom. The molecule has 0 atom stereocenters. The number of anilines is 2. The molecule has 1 N–H and O–H groups in total. The van der Waals surface area contributed by atoms with Crippen LogP contribution in [0.25, 0.3) is 11.3 Å². The maximum absolute atomic E-state index is 12.9. The van der Waals surface area contributed by atoms with Crippen LogP contribution in [0.2, 0.25) is 0 Å². The first-order valence-corrected chi connectivity index (χ1v) is 10.6. The molecule has 1 amide bonds. The number of rotatable bonds is 8. The number of aromatic nitrogens is 3. The summed E-state index contributed by atoms with van der Waals surface area (Å²) >= 11 is 1.38. The van der Waals surface area contributed by atoms with Crippen molar-refractivity contribution in [3.05, 3.63) is 41.7 Å². The Labute approximate surface area is 175 Å². The molecule has 154 valence electrons. The average Bonchev–Trinajstić information content (AvgIpc) is 3.28. The van der Waals surface area contributed by atoms with Gasteiger partial charge in [-0.3, -0.25) is 10.1 Å². The monoisotopic (exact) mass is 413 g/mol. The van der Waals surface area contributed by atoms with E-state index in [1.807, 2.05) is 30.3 Å². The number of amides is 1. The van der Waals surface area contributed by atoms with Gasteiger partial charge in [-0.15, -0.1) is 10.2 Å². The van der Waals surface area contributed by atoms with Gasteiger partial charge in [0.05, 0.1) is 0 Å². The average molecular weight is 414 g/mol. The van der Waals surface area contributed by atoms with Crippen LogP contribution < -0.4 is 10.2 Å². The number of hydrogen-bond donors (Lipinski definition) is 1. The number of carbonyl (C=O) groups excluding carboxylic acids is 1. The molecule has 0 aliphatic rings. The molecule has 29 heavy (non-hydrogen) atoms. The SMILES string of the molecule is Cc1onc(-c2ccccc2)c1C(=O)Nc1nnc(N(CC(C)C)CC(C)C)s1. The second kappa shape index (κ2) is 9.17. The standard InChI is InChI=1S/C21H27N5O2S/c1-13(2)11-26(12-14(3)4)21-24-23-20(29-21)22-19(27)17-15(5)28-25-18(17)16-9-7-6-8-10-16/h6-10,13-14H,11-12H2,1-5H3,(H,22,23,27). The molecule has 0 bridgehead atoms. The highest BCUT2D eigenvalue weighted by Gasteiger charge is 2.23. The lowest BCUT2D eigenvalue weighted by molar-refractivity contribution is 0.102. The topological polar surface area (TPSA) is 84.2 Å². The van der Waals surface area contributed by atoms with Gasteiger partial charge in [-0.05, 0) is 18.8 Å². The van der Waals surface area contributed by atoms with Crippen LogP contribution in [0.5, 0.6) is 0 Å². The zero-order valence-electron chi connectivity index (χ0n) is 17.5. The van der Waals surface area contributed by atoms with Crippen LogP contribution in [-0.2, 0) is 0 Å². The van der Waals surface area contributed by atoms with E-state index in [4.69, 9.17) is 4.52 Å². The molecule has 7 nitrogen and oxygen atoms in total. The maximum atomic E-state index is 12.9. The summed E-state index contributed by atoms with van der Waals surface area (Å²) in [6.45, 7) is 12.2. The first-order chi connectivity index (χ1) is 13.8. The quantitative estimate of drug-likeness (QED) is 0.567. The third-order valence-electron chi connectivity index (χ3n) is 4.21. The smallest absolute Gasteiger partial charge is 0.263 e. The molecule has 0 saturated heterocycles. The van der Waals surface area contributed by atoms with E-state index in [2.05, 4.69) is 53.3 Å². The fraction of sp³-hybridized carbons (Fsp3) is 0.429. The maximum Gasteiger partial charge on any atom is 0.263 e. The van der Waals surface area contributed by atoms with Crippen molar-refractivity contribution < 1.29 is 9.32 Å². The number of nitrogens with zero attached hydrogens (tertiary/aromatic N) is 4. The van der Waals surface area contributed by atoms with Crippen molar-refractivity contribution >= 4 is 27.5 Å². The fourth-order valence-electron chi connectivity index (χ4n) is 3.10. The number of benzene rings is 1. The zero-order valence-corrected chi connectivity index (χ0v) is 18.3. The number of nitrogens with one attached hydrogen (secondary N) is 1. The highest BCUT2D eigenvalue weighted by Crippen LogP contribution is 2.29.